The Labute approximate surface area is 132 Å². The predicted octanol–water partition coefficient (Wildman–Crippen LogP) is 4.72. The van der Waals surface area contributed by atoms with Crippen molar-refractivity contribution >= 4 is 23.2 Å². The standard InChI is InChI=1S/C16H25Cl2NO/c1-5-8-19-14(11-16(2,3)20-4)9-12-6-7-13(17)10-15(12)18/h6-7,10,14,19H,5,8-9,11H2,1-4H3. The maximum atomic E-state index is 6.27. The molecule has 0 bridgehead atoms. The van der Waals surface area contributed by atoms with Crippen molar-refractivity contribution in [3.05, 3.63) is 33.8 Å². The first kappa shape index (κ1) is 17.8. The van der Waals surface area contributed by atoms with Crippen LogP contribution in [0.2, 0.25) is 10.0 Å². The zero-order chi connectivity index (χ0) is 15.2. The van der Waals surface area contributed by atoms with Gasteiger partial charge in [0.1, 0.15) is 0 Å². The van der Waals surface area contributed by atoms with E-state index < -0.39 is 0 Å². The Balaban J connectivity index is 2.77. The molecule has 0 aliphatic carbocycles. The molecule has 0 saturated carbocycles. The van der Waals surface area contributed by atoms with Gasteiger partial charge in [0.25, 0.3) is 0 Å². The fourth-order valence-corrected chi connectivity index (χ4v) is 2.68. The first-order valence-corrected chi connectivity index (χ1v) is 7.86. The van der Waals surface area contributed by atoms with Crippen LogP contribution in [0, 0.1) is 0 Å². The zero-order valence-electron chi connectivity index (χ0n) is 12.8. The van der Waals surface area contributed by atoms with Gasteiger partial charge in [-0.3, -0.25) is 0 Å². The van der Waals surface area contributed by atoms with Crippen molar-refractivity contribution in [1.29, 1.82) is 0 Å². The van der Waals surface area contributed by atoms with E-state index in [0.29, 0.717) is 11.1 Å². The van der Waals surface area contributed by atoms with Gasteiger partial charge in [-0.25, -0.2) is 0 Å². The Morgan fingerprint density at radius 3 is 2.55 bits per heavy atom. The summed E-state index contributed by atoms with van der Waals surface area (Å²) in [5.74, 6) is 0. The van der Waals surface area contributed by atoms with Gasteiger partial charge in [0.05, 0.1) is 5.60 Å². The van der Waals surface area contributed by atoms with E-state index in [1.807, 2.05) is 12.1 Å². The lowest BCUT2D eigenvalue weighted by Gasteiger charge is -2.29. The second-order valence-electron chi connectivity index (χ2n) is 5.76. The van der Waals surface area contributed by atoms with E-state index in [4.69, 9.17) is 27.9 Å². The normalized spacial score (nSPS) is 13.5. The van der Waals surface area contributed by atoms with Gasteiger partial charge in [0.2, 0.25) is 0 Å². The smallest absolute Gasteiger partial charge is 0.0637 e. The second-order valence-corrected chi connectivity index (χ2v) is 6.60. The minimum Gasteiger partial charge on any atom is -0.379 e. The number of benzene rings is 1. The van der Waals surface area contributed by atoms with Crippen molar-refractivity contribution in [1.82, 2.24) is 5.32 Å². The summed E-state index contributed by atoms with van der Waals surface area (Å²) >= 11 is 12.2. The SMILES string of the molecule is CCCNC(Cc1ccc(Cl)cc1Cl)CC(C)(C)OC. The third-order valence-electron chi connectivity index (χ3n) is 3.46. The third-order valence-corrected chi connectivity index (χ3v) is 4.04. The number of ether oxygens (including phenoxy) is 1. The van der Waals surface area contributed by atoms with Crippen molar-refractivity contribution in [2.75, 3.05) is 13.7 Å². The van der Waals surface area contributed by atoms with E-state index >= 15 is 0 Å². The highest BCUT2D eigenvalue weighted by atomic mass is 35.5. The van der Waals surface area contributed by atoms with Crippen molar-refractivity contribution in [3.63, 3.8) is 0 Å². The Hall–Kier alpha value is -0.280. The molecule has 0 heterocycles. The fraction of sp³-hybridized carbons (Fsp3) is 0.625. The average molecular weight is 318 g/mol. The minimum absolute atomic E-state index is 0.149. The average Bonchev–Trinajstić information content (AvgIpc) is 2.39. The maximum Gasteiger partial charge on any atom is 0.0637 e. The van der Waals surface area contributed by atoms with E-state index in [1.54, 1.807) is 13.2 Å². The molecule has 0 fully saturated rings. The van der Waals surface area contributed by atoms with Crippen LogP contribution in [0.25, 0.3) is 0 Å². The van der Waals surface area contributed by atoms with E-state index in [2.05, 4.69) is 26.1 Å². The maximum absolute atomic E-state index is 6.27. The largest absolute Gasteiger partial charge is 0.379 e. The Bertz CT molecular complexity index is 421. The van der Waals surface area contributed by atoms with Crippen LogP contribution in [-0.4, -0.2) is 25.3 Å². The van der Waals surface area contributed by atoms with Gasteiger partial charge in [-0.1, -0.05) is 36.2 Å². The van der Waals surface area contributed by atoms with Gasteiger partial charge in [0, 0.05) is 23.2 Å². The summed E-state index contributed by atoms with van der Waals surface area (Å²) in [6.45, 7) is 7.38. The number of nitrogens with one attached hydrogen (secondary N) is 1. The second kappa shape index (κ2) is 8.23. The van der Waals surface area contributed by atoms with Crippen LogP contribution in [0.4, 0.5) is 0 Å². The summed E-state index contributed by atoms with van der Waals surface area (Å²) in [6, 6.07) is 6.03. The molecule has 1 N–H and O–H groups in total. The molecule has 0 saturated heterocycles. The van der Waals surface area contributed by atoms with E-state index in [0.717, 1.165) is 36.4 Å². The predicted molar refractivity (Wildman–Crippen MR) is 88.0 cm³/mol. The highest BCUT2D eigenvalue weighted by Crippen LogP contribution is 2.24. The zero-order valence-corrected chi connectivity index (χ0v) is 14.3. The lowest BCUT2D eigenvalue weighted by atomic mass is 9.94. The van der Waals surface area contributed by atoms with Crippen molar-refractivity contribution in [2.45, 2.75) is 51.7 Å². The number of hydrogen-bond acceptors (Lipinski definition) is 2. The summed E-state index contributed by atoms with van der Waals surface area (Å²) in [5, 5.41) is 4.99. The molecule has 0 aliphatic heterocycles. The van der Waals surface area contributed by atoms with Gasteiger partial charge < -0.3 is 10.1 Å². The minimum atomic E-state index is -0.149. The van der Waals surface area contributed by atoms with E-state index in [-0.39, 0.29) is 5.60 Å². The van der Waals surface area contributed by atoms with Crippen molar-refractivity contribution < 1.29 is 4.74 Å². The van der Waals surface area contributed by atoms with E-state index in [1.165, 1.54) is 0 Å². The summed E-state index contributed by atoms with van der Waals surface area (Å²) in [4.78, 5) is 0. The molecule has 1 aromatic rings. The molecule has 0 aliphatic rings. The molecule has 1 unspecified atom stereocenters. The summed E-state index contributed by atoms with van der Waals surface area (Å²) in [6.07, 6.45) is 2.92. The third kappa shape index (κ3) is 6.01. The molecule has 0 spiro atoms. The quantitative estimate of drug-likeness (QED) is 0.749. The van der Waals surface area contributed by atoms with Crippen LogP contribution in [0.5, 0.6) is 0 Å². The highest BCUT2D eigenvalue weighted by Gasteiger charge is 2.23. The topological polar surface area (TPSA) is 21.3 Å². The van der Waals surface area contributed by atoms with Crippen LogP contribution in [0.1, 0.15) is 39.2 Å². The lowest BCUT2D eigenvalue weighted by Crippen LogP contribution is -2.39. The number of hydrogen-bond donors (Lipinski definition) is 1. The van der Waals surface area contributed by atoms with Gasteiger partial charge in [-0.2, -0.15) is 0 Å². The lowest BCUT2D eigenvalue weighted by molar-refractivity contribution is 0.00714. The monoisotopic (exact) mass is 317 g/mol. The molecule has 0 radical (unpaired) electrons. The molecule has 1 aromatic carbocycles. The van der Waals surface area contributed by atoms with Crippen LogP contribution >= 0.6 is 23.2 Å². The van der Waals surface area contributed by atoms with Gasteiger partial charge in [0.15, 0.2) is 0 Å². The van der Waals surface area contributed by atoms with Crippen molar-refractivity contribution in [3.8, 4) is 0 Å². The molecule has 4 heteroatoms. The van der Waals surface area contributed by atoms with Crippen LogP contribution in [0.3, 0.4) is 0 Å². The molecule has 114 valence electrons. The van der Waals surface area contributed by atoms with Crippen molar-refractivity contribution in [2.24, 2.45) is 0 Å². The molecule has 2 nitrogen and oxygen atoms in total. The fourth-order valence-electron chi connectivity index (χ4n) is 2.19. The Kier molecular flexibility index (Phi) is 7.32. The summed E-state index contributed by atoms with van der Waals surface area (Å²) in [7, 11) is 1.76. The highest BCUT2D eigenvalue weighted by molar-refractivity contribution is 6.35. The molecule has 0 amide bonds. The first-order chi connectivity index (χ1) is 9.38. The van der Waals surface area contributed by atoms with Gasteiger partial charge in [-0.05, 0) is 57.4 Å². The number of halogens is 2. The Morgan fingerprint density at radius 1 is 1.30 bits per heavy atom. The first-order valence-electron chi connectivity index (χ1n) is 7.10. The molecular formula is C16H25Cl2NO. The molecule has 20 heavy (non-hydrogen) atoms. The molecule has 1 rings (SSSR count). The van der Waals surface area contributed by atoms with E-state index in [9.17, 15) is 0 Å². The summed E-state index contributed by atoms with van der Waals surface area (Å²) in [5.41, 5.74) is 0.973. The van der Waals surface area contributed by atoms with Crippen LogP contribution < -0.4 is 5.32 Å². The Morgan fingerprint density at radius 2 is 2.00 bits per heavy atom. The van der Waals surface area contributed by atoms with Gasteiger partial charge >= 0.3 is 0 Å². The summed E-state index contributed by atoms with van der Waals surface area (Å²) < 4.78 is 5.54. The van der Waals surface area contributed by atoms with Crippen LogP contribution in [-0.2, 0) is 11.2 Å². The number of methoxy groups -OCH3 is 1. The van der Waals surface area contributed by atoms with Gasteiger partial charge in [-0.15, -0.1) is 0 Å². The molecular weight excluding hydrogens is 293 g/mol. The molecule has 1 atom stereocenters. The van der Waals surface area contributed by atoms with Crippen LogP contribution in [0.15, 0.2) is 18.2 Å². The molecule has 0 aromatic heterocycles. The number of rotatable bonds is 8.